The molecule has 0 saturated heterocycles. The zero-order chi connectivity index (χ0) is 17.2. The second-order valence-corrected chi connectivity index (χ2v) is 6.53. The van der Waals surface area contributed by atoms with Crippen LogP contribution in [0.15, 0.2) is 24.3 Å². The van der Waals surface area contributed by atoms with Crippen molar-refractivity contribution in [3.63, 3.8) is 0 Å². The number of carbonyl (C=O) groups excluding carboxylic acids is 1. The minimum Gasteiger partial charge on any atom is -0.493 e. The van der Waals surface area contributed by atoms with E-state index in [4.69, 9.17) is 15.2 Å². The number of hydrogen-bond donors (Lipinski definition) is 1. The monoisotopic (exact) mass is 334 g/mol. The summed E-state index contributed by atoms with van der Waals surface area (Å²) in [4.78, 5) is 13.4. The van der Waals surface area contributed by atoms with Crippen molar-refractivity contribution < 1.29 is 14.3 Å². The zero-order valence-electron chi connectivity index (χ0n) is 14.7. The van der Waals surface area contributed by atoms with Gasteiger partial charge in [-0.3, -0.25) is 9.69 Å². The molecule has 134 valence electrons. The predicted octanol–water partition coefficient (Wildman–Crippen LogP) is 2.83. The summed E-state index contributed by atoms with van der Waals surface area (Å²) in [7, 11) is 1.63. The molecule has 0 aliphatic heterocycles. The molecular weight excluding hydrogens is 304 g/mol. The summed E-state index contributed by atoms with van der Waals surface area (Å²) in [6.07, 6.45) is 7.84. The first-order valence-electron chi connectivity index (χ1n) is 8.95. The third-order valence-corrected chi connectivity index (χ3v) is 4.69. The van der Waals surface area contributed by atoms with Gasteiger partial charge in [-0.1, -0.05) is 44.2 Å². The summed E-state index contributed by atoms with van der Waals surface area (Å²) in [6, 6.07) is 7.59. The molecule has 1 aliphatic rings. The van der Waals surface area contributed by atoms with E-state index in [9.17, 15) is 4.79 Å². The van der Waals surface area contributed by atoms with Gasteiger partial charge in [-0.2, -0.15) is 0 Å². The Labute approximate surface area is 145 Å². The number of nitrogens with zero attached hydrogens (tertiary/aromatic N) is 1. The van der Waals surface area contributed by atoms with Gasteiger partial charge in [-0.25, -0.2) is 0 Å². The molecule has 0 unspecified atom stereocenters. The Morgan fingerprint density at radius 2 is 1.88 bits per heavy atom. The molecule has 0 bridgehead atoms. The second kappa shape index (κ2) is 10.2. The fraction of sp³-hybridized carbons (Fsp3) is 0.632. The lowest BCUT2D eigenvalue weighted by molar-refractivity contribution is -0.119. The number of methoxy groups -OCH3 is 1. The second-order valence-electron chi connectivity index (χ2n) is 6.53. The highest BCUT2D eigenvalue weighted by Gasteiger charge is 2.16. The molecule has 5 heteroatoms. The molecule has 1 saturated carbocycles. The fourth-order valence-electron chi connectivity index (χ4n) is 3.35. The molecule has 1 fully saturated rings. The highest BCUT2D eigenvalue weighted by molar-refractivity contribution is 5.75. The topological polar surface area (TPSA) is 64.8 Å². The number of ether oxygens (including phenoxy) is 2. The zero-order valence-corrected chi connectivity index (χ0v) is 14.7. The van der Waals surface area contributed by atoms with Crippen LogP contribution in [0.1, 0.15) is 38.5 Å². The molecule has 1 aromatic carbocycles. The first-order chi connectivity index (χ1) is 11.7. The minimum atomic E-state index is -0.282. The fourth-order valence-corrected chi connectivity index (χ4v) is 3.35. The molecule has 1 amide bonds. The molecule has 0 aromatic heterocycles. The van der Waals surface area contributed by atoms with Gasteiger partial charge in [0.25, 0.3) is 0 Å². The van der Waals surface area contributed by atoms with Crippen LogP contribution in [0.4, 0.5) is 0 Å². The first kappa shape index (κ1) is 18.6. The van der Waals surface area contributed by atoms with Crippen LogP contribution in [-0.2, 0) is 4.79 Å². The molecule has 2 N–H and O–H groups in total. The van der Waals surface area contributed by atoms with Crippen LogP contribution in [0.2, 0.25) is 0 Å². The van der Waals surface area contributed by atoms with E-state index in [2.05, 4.69) is 4.90 Å². The maximum absolute atomic E-state index is 11.3. The van der Waals surface area contributed by atoms with Gasteiger partial charge in [-0.15, -0.1) is 0 Å². The van der Waals surface area contributed by atoms with Gasteiger partial charge in [0.05, 0.1) is 13.7 Å². The number of rotatable bonds is 10. The Hall–Kier alpha value is -1.75. The number of amides is 1. The normalized spacial score (nSPS) is 15.4. The van der Waals surface area contributed by atoms with Gasteiger partial charge in [0.2, 0.25) is 5.91 Å². The van der Waals surface area contributed by atoms with E-state index >= 15 is 0 Å². The van der Waals surface area contributed by atoms with Gasteiger partial charge in [0.1, 0.15) is 6.61 Å². The van der Waals surface area contributed by atoms with Crippen LogP contribution in [0.25, 0.3) is 0 Å². The molecule has 5 nitrogen and oxygen atoms in total. The van der Waals surface area contributed by atoms with Crippen LogP contribution >= 0.6 is 0 Å². The smallest absolute Gasteiger partial charge is 0.231 e. The van der Waals surface area contributed by atoms with Crippen molar-refractivity contribution in [2.45, 2.75) is 38.5 Å². The summed E-state index contributed by atoms with van der Waals surface area (Å²) in [5.41, 5.74) is 5.39. The predicted molar refractivity (Wildman–Crippen MR) is 95.3 cm³/mol. The van der Waals surface area contributed by atoms with E-state index < -0.39 is 0 Å². The summed E-state index contributed by atoms with van der Waals surface area (Å²) < 4.78 is 11.1. The first-order valence-corrected chi connectivity index (χ1v) is 8.95. The Morgan fingerprint density at radius 3 is 2.54 bits per heavy atom. The molecule has 1 aliphatic carbocycles. The van der Waals surface area contributed by atoms with E-state index in [0.29, 0.717) is 19.7 Å². The van der Waals surface area contributed by atoms with E-state index in [-0.39, 0.29) is 5.91 Å². The number of nitrogens with two attached hydrogens (primary N) is 1. The third-order valence-electron chi connectivity index (χ3n) is 4.69. The van der Waals surface area contributed by atoms with E-state index in [1.165, 1.54) is 32.1 Å². The van der Waals surface area contributed by atoms with E-state index in [1.54, 1.807) is 7.11 Å². The van der Waals surface area contributed by atoms with Gasteiger partial charge in [0, 0.05) is 6.54 Å². The van der Waals surface area contributed by atoms with Crippen molar-refractivity contribution in [1.29, 1.82) is 0 Å². The summed E-state index contributed by atoms with van der Waals surface area (Å²) >= 11 is 0. The lowest BCUT2D eigenvalue weighted by Crippen LogP contribution is -2.37. The highest BCUT2D eigenvalue weighted by Crippen LogP contribution is 2.27. The number of hydrogen-bond acceptors (Lipinski definition) is 4. The van der Waals surface area contributed by atoms with Crippen LogP contribution in [0, 0.1) is 5.92 Å². The molecule has 0 atom stereocenters. The van der Waals surface area contributed by atoms with Crippen LogP contribution < -0.4 is 15.2 Å². The summed E-state index contributed by atoms with van der Waals surface area (Å²) in [5.74, 6) is 1.97. The van der Waals surface area contributed by atoms with Crippen LogP contribution in [-0.4, -0.2) is 44.2 Å². The lowest BCUT2D eigenvalue weighted by Gasteiger charge is -2.26. The van der Waals surface area contributed by atoms with Gasteiger partial charge >= 0.3 is 0 Å². The summed E-state index contributed by atoms with van der Waals surface area (Å²) in [5, 5.41) is 0. The minimum absolute atomic E-state index is 0.282. The van der Waals surface area contributed by atoms with Gasteiger partial charge < -0.3 is 15.2 Å². The molecule has 24 heavy (non-hydrogen) atoms. The number of primary amides is 1. The summed E-state index contributed by atoms with van der Waals surface area (Å²) in [6.45, 7) is 2.40. The Morgan fingerprint density at radius 1 is 1.17 bits per heavy atom. The largest absolute Gasteiger partial charge is 0.493 e. The molecule has 1 aromatic rings. The Bertz CT molecular complexity index is 501. The highest BCUT2D eigenvalue weighted by atomic mass is 16.5. The van der Waals surface area contributed by atoms with Crippen molar-refractivity contribution in [3.05, 3.63) is 24.3 Å². The lowest BCUT2D eigenvalue weighted by atomic mass is 9.87. The number of benzene rings is 1. The maximum Gasteiger partial charge on any atom is 0.231 e. The quantitative estimate of drug-likeness (QED) is 0.714. The Balaban J connectivity index is 1.78. The van der Waals surface area contributed by atoms with Crippen molar-refractivity contribution in [3.8, 4) is 11.5 Å². The van der Waals surface area contributed by atoms with Gasteiger partial charge in [-0.05, 0) is 31.0 Å². The van der Waals surface area contributed by atoms with Crippen molar-refractivity contribution in [2.24, 2.45) is 11.7 Å². The molecule has 0 heterocycles. The molecule has 0 spiro atoms. The average Bonchev–Trinajstić information content (AvgIpc) is 2.60. The average molecular weight is 334 g/mol. The van der Waals surface area contributed by atoms with Gasteiger partial charge in [0.15, 0.2) is 11.5 Å². The number of carbonyl (C=O) groups is 1. The SMILES string of the molecule is COc1ccccc1OCCN(CCC1CCCCC1)CC(N)=O. The Kier molecular flexibility index (Phi) is 7.89. The van der Waals surface area contributed by atoms with Crippen molar-refractivity contribution >= 4 is 5.91 Å². The third kappa shape index (κ3) is 6.40. The standard InChI is InChI=1S/C19H30N2O3/c1-23-17-9-5-6-10-18(17)24-14-13-21(15-19(20)22)12-11-16-7-3-2-4-8-16/h5-6,9-10,16H,2-4,7-8,11-15H2,1H3,(H2,20,22). The van der Waals surface area contributed by atoms with E-state index in [0.717, 1.165) is 30.4 Å². The van der Waals surface area contributed by atoms with Crippen LogP contribution in [0.3, 0.4) is 0 Å². The van der Waals surface area contributed by atoms with E-state index in [1.807, 2.05) is 24.3 Å². The van der Waals surface area contributed by atoms with Crippen molar-refractivity contribution in [2.75, 3.05) is 33.4 Å². The van der Waals surface area contributed by atoms with Crippen molar-refractivity contribution in [1.82, 2.24) is 4.90 Å². The maximum atomic E-state index is 11.3. The molecular formula is C19H30N2O3. The molecule has 2 rings (SSSR count). The molecule has 0 radical (unpaired) electrons. The number of para-hydroxylation sites is 2. The van der Waals surface area contributed by atoms with Crippen LogP contribution in [0.5, 0.6) is 11.5 Å².